The number of carbonyl (C=O) groups is 3. The molecule has 190 valence electrons. The zero-order chi connectivity index (χ0) is 25.2. The van der Waals surface area contributed by atoms with Gasteiger partial charge in [-0.1, -0.05) is 24.3 Å². The monoisotopic (exact) mass is 491 g/mol. The number of fused-ring (bicyclic) bond motifs is 1. The van der Waals surface area contributed by atoms with E-state index in [9.17, 15) is 19.5 Å². The summed E-state index contributed by atoms with van der Waals surface area (Å²) in [5, 5.41) is 9.66. The molecule has 2 aromatic rings. The van der Waals surface area contributed by atoms with Crippen molar-refractivity contribution in [3.8, 4) is 5.75 Å². The van der Waals surface area contributed by atoms with Crippen molar-refractivity contribution in [1.82, 2.24) is 9.80 Å². The van der Waals surface area contributed by atoms with Crippen LogP contribution in [0.1, 0.15) is 52.0 Å². The minimum absolute atomic E-state index is 0.00429. The van der Waals surface area contributed by atoms with Gasteiger partial charge in [-0.2, -0.15) is 0 Å². The Hall–Kier alpha value is -3.39. The molecule has 1 N–H and O–H groups in total. The zero-order valence-corrected chi connectivity index (χ0v) is 20.7. The molecule has 3 aliphatic rings. The summed E-state index contributed by atoms with van der Waals surface area (Å²) in [6, 6.07) is 12.9. The fourth-order valence-electron chi connectivity index (χ4n) is 5.87. The predicted octanol–water partition coefficient (Wildman–Crippen LogP) is 2.73. The number of anilines is 1. The molecule has 3 aliphatic heterocycles. The van der Waals surface area contributed by atoms with E-state index < -0.39 is 0 Å². The molecule has 8 heteroatoms. The molecular weight excluding hydrogens is 458 g/mol. The Kier molecular flexibility index (Phi) is 6.96. The first kappa shape index (κ1) is 24.3. The number of imide groups is 1. The molecule has 2 atom stereocenters. The molecule has 8 nitrogen and oxygen atoms in total. The second kappa shape index (κ2) is 10.3. The largest absolute Gasteiger partial charge is 0.496 e. The lowest BCUT2D eigenvalue weighted by molar-refractivity contribution is -0.137. The van der Waals surface area contributed by atoms with E-state index in [1.165, 1.54) is 4.90 Å². The van der Waals surface area contributed by atoms with E-state index >= 15 is 0 Å². The van der Waals surface area contributed by atoms with E-state index in [0.29, 0.717) is 30.6 Å². The summed E-state index contributed by atoms with van der Waals surface area (Å²) < 4.78 is 5.41. The third kappa shape index (κ3) is 4.34. The lowest BCUT2D eigenvalue weighted by atomic mass is 9.94. The third-order valence-corrected chi connectivity index (χ3v) is 7.76. The first-order valence-electron chi connectivity index (χ1n) is 12.8. The number of benzene rings is 2. The highest BCUT2D eigenvalue weighted by Crippen LogP contribution is 2.35. The van der Waals surface area contributed by atoms with Gasteiger partial charge in [0.15, 0.2) is 0 Å². The first-order valence-corrected chi connectivity index (χ1v) is 12.8. The summed E-state index contributed by atoms with van der Waals surface area (Å²) >= 11 is 0. The van der Waals surface area contributed by atoms with Gasteiger partial charge in [0.25, 0.3) is 11.8 Å². The Balaban J connectivity index is 1.34. The van der Waals surface area contributed by atoms with Crippen LogP contribution in [0.2, 0.25) is 0 Å². The molecule has 2 fully saturated rings. The Morgan fingerprint density at radius 2 is 1.83 bits per heavy atom. The molecule has 0 radical (unpaired) electrons. The van der Waals surface area contributed by atoms with E-state index in [0.717, 1.165) is 49.2 Å². The molecule has 2 saturated heterocycles. The minimum atomic E-state index is -0.283. The number of likely N-dealkylation sites (tertiary alicyclic amines) is 1. The van der Waals surface area contributed by atoms with Crippen LogP contribution in [0.15, 0.2) is 42.5 Å². The lowest BCUT2D eigenvalue weighted by Gasteiger charge is -2.37. The second-order valence-corrected chi connectivity index (χ2v) is 9.82. The smallest absolute Gasteiger partial charge is 0.263 e. The third-order valence-electron chi connectivity index (χ3n) is 7.76. The molecule has 0 spiro atoms. The normalized spacial score (nSPS) is 21.8. The highest BCUT2D eigenvalue weighted by molar-refractivity contribution is 6.23. The number of aliphatic hydroxyl groups excluding tert-OH is 1. The molecule has 36 heavy (non-hydrogen) atoms. The first-order chi connectivity index (χ1) is 17.5. The minimum Gasteiger partial charge on any atom is -0.496 e. The van der Waals surface area contributed by atoms with Crippen molar-refractivity contribution in [3.05, 3.63) is 59.2 Å². The van der Waals surface area contributed by atoms with Crippen molar-refractivity contribution < 1.29 is 24.2 Å². The molecule has 2 aromatic carbocycles. The maximum Gasteiger partial charge on any atom is 0.263 e. The fraction of sp³-hybridized carbons (Fsp3) is 0.464. The summed E-state index contributed by atoms with van der Waals surface area (Å²) in [6.07, 6.45) is 3.88. The topological polar surface area (TPSA) is 90.4 Å². The number of piperidine rings is 1. The van der Waals surface area contributed by atoms with E-state index in [4.69, 9.17) is 4.74 Å². The van der Waals surface area contributed by atoms with Crippen LogP contribution in [0.3, 0.4) is 0 Å². The van der Waals surface area contributed by atoms with Gasteiger partial charge in [0, 0.05) is 26.2 Å². The Labute approximate surface area is 211 Å². The van der Waals surface area contributed by atoms with Crippen molar-refractivity contribution in [1.29, 1.82) is 0 Å². The summed E-state index contributed by atoms with van der Waals surface area (Å²) in [5.74, 6) is 0.0774. The SMILES string of the molecule is COc1ccccc1CCN1C(=O)c2cccc(N3CCC[C@@H](C(=O)N4CCC[C@H]4CO)C3)c2C1=O. The number of carbonyl (C=O) groups excluding carboxylic acids is 3. The number of para-hydroxylation sites is 1. The quantitative estimate of drug-likeness (QED) is 0.599. The van der Waals surface area contributed by atoms with Crippen molar-refractivity contribution in [3.63, 3.8) is 0 Å². The van der Waals surface area contributed by atoms with Gasteiger partial charge in [-0.3, -0.25) is 19.3 Å². The number of nitrogens with zero attached hydrogens (tertiary/aromatic N) is 3. The number of methoxy groups -OCH3 is 1. The van der Waals surface area contributed by atoms with E-state index in [2.05, 4.69) is 4.90 Å². The lowest BCUT2D eigenvalue weighted by Crippen LogP contribution is -2.47. The Bertz CT molecular complexity index is 1170. The van der Waals surface area contributed by atoms with Crippen LogP contribution in [0.25, 0.3) is 0 Å². The number of hydrogen-bond acceptors (Lipinski definition) is 6. The van der Waals surface area contributed by atoms with E-state index in [-0.39, 0.29) is 42.8 Å². The van der Waals surface area contributed by atoms with Gasteiger partial charge in [-0.15, -0.1) is 0 Å². The molecule has 3 heterocycles. The molecule has 0 aliphatic carbocycles. The van der Waals surface area contributed by atoms with Gasteiger partial charge < -0.3 is 19.6 Å². The van der Waals surface area contributed by atoms with Crippen LogP contribution in [-0.4, -0.2) is 78.6 Å². The van der Waals surface area contributed by atoms with Crippen LogP contribution in [0.5, 0.6) is 5.75 Å². The van der Waals surface area contributed by atoms with Crippen LogP contribution < -0.4 is 9.64 Å². The van der Waals surface area contributed by atoms with Gasteiger partial charge >= 0.3 is 0 Å². The average Bonchev–Trinajstić information content (AvgIpc) is 3.50. The van der Waals surface area contributed by atoms with Gasteiger partial charge in [-0.25, -0.2) is 0 Å². The summed E-state index contributed by atoms with van der Waals surface area (Å²) in [6.45, 7) is 2.19. The van der Waals surface area contributed by atoms with Crippen molar-refractivity contribution in [2.75, 3.05) is 44.8 Å². The maximum atomic E-state index is 13.5. The molecule has 0 aromatic heterocycles. The van der Waals surface area contributed by atoms with E-state index in [1.807, 2.05) is 41.3 Å². The van der Waals surface area contributed by atoms with Gasteiger partial charge in [0.05, 0.1) is 42.5 Å². The van der Waals surface area contributed by atoms with E-state index in [1.54, 1.807) is 13.2 Å². The predicted molar refractivity (Wildman–Crippen MR) is 135 cm³/mol. The number of hydrogen-bond donors (Lipinski definition) is 1. The standard InChI is InChI=1S/C28H33N3O5/c1-36-24-12-3-2-7-19(24)13-16-31-27(34)22-10-4-11-23(25(22)28(31)35)29-14-5-8-20(17-29)26(33)30-15-6-9-21(30)18-32/h2-4,7,10-12,20-21,32H,5-6,8-9,13-18H2,1H3/t20-,21+/m1/s1. The van der Waals surface area contributed by atoms with Crippen molar-refractivity contribution in [2.24, 2.45) is 5.92 Å². The highest BCUT2D eigenvalue weighted by Gasteiger charge is 2.40. The summed E-state index contributed by atoms with van der Waals surface area (Å²) in [5.41, 5.74) is 2.52. The molecule has 5 rings (SSSR count). The Morgan fingerprint density at radius 1 is 1.03 bits per heavy atom. The number of amides is 3. The van der Waals surface area contributed by atoms with Gasteiger partial charge in [0.2, 0.25) is 5.91 Å². The Morgan fingerprint density at radius 3 is 2.64 bits per heavy atom. The molecule has 0 unspecified atom stereocenters. The van der Waals surface area contributed by atoms with Crippen molar-refractivity contribution >= 4 is 23.4 Å². The molecular formula is C28H33N3O5. The summed E-state index contributed by atoms with van der Waals surface area (Å²) in [4.78, 5) is 45.2. The number of rotatable bonds is 7. The zero-order valence-electron chi connectivity index (χ0n) is 20.7. The van der Waals surface area contributed by atoms with Crippen LogP contribution in [-0.2, 0) is 11.2 Å². The van der Waals surface area contributed by atoms with Gasteiger partial charge in [0.1, 0.15) is 5.75 Å². The highest BCUT2D eigenvalue weighted by atomic mass is 16.5. The number of ether oxygens (including phenoxy) is 1. The summed E-state index contributed by atoms with van der Waals surface area (Å²) in [7, 11) is 1.61. The van der Waals surface area contributed by atoms with Crippen LogP contribution in [0, 0.1) is 5.92 Å². The fourth-order valence-corrected chi connectivity index (χ4v) is 5.87. The molecule has 0 bridgehead atoms. The van der Waals surface area contributed by atoms with Crippen LogP contribution in [0.4, 0.5) is 5.69 Å². The van der Waals surface area contributed by atoms with Crippen LogP contribution >= 0.6 is 0 Å². The van der Waals surface area contributed by atoms with Gasteiger partial charge in [-0.05, 0) is 55.9 Å². The maximum absolute atomic E-state index is 13.5. The molecule has 0 saturated carbocycles. The molecule has 3 amide bonds. The second-order valence-electron chi connectivity index (χ2n) is 9.82. The van der Waals surface area contributed by atoms with Crippen molar-refractivity contribution in [2.45, 2.75) is 38.1 Å². The average molecular weight is 492 g/mol. The number of aliphatic hydroxyl groups is 1.